The molecule has 1 amide bonds. The van der Waals surface area contributed by atoms with Crippen LogP contribution in [-0.4, -0.2) is 48.3 Å². The molecule has 3 aromatic heterocycles. The van der Waals surface area contributed by atoms with E-state index in [0.717, 1.165) is 0 Å². The highest BCUT2D eigenvalue weighted by Gasteiger charge is 2.31. The van der Waals surface area contributed by atoms with Crippen molar-refractivity contribution < 1.29 is 9.90 Å². The number of fused-ring (bicyclic) bond motifs is 1. The Kier molecular flexibility index (Phi) is 3.69. The van der Waals surface area contributed by atoms with Gasteiger partial charge in [0.05, 0.1) is 23.4 Å². The monoisotopic (exact) mass is 359 g/mol. The van der Waals surface area contributed by atoms with Crippen molar-refractivity contribution in [3.63, 3.8) is 0 Å². The minimum atomic E-state index is -0.978. The maximum atomic E-state index is 13.1. The standard InChI is InChI=1S/C16H14ClN5O3/c17-13-4-3-10(8-19-13)21-12-2-1-6-18-14(12)22(15(21)23)11-5-7-20(9-11)16(24)25/h1-4,6,8,11H,5,7,9H2,(H,24,25)/t11-/m0/s1. The zero-order chi connectivity index (χ0) is 17.6. The Morgan fingerprint density at radius 2 is 2.12 bits per heavy atom. The molecule has 4 rings (SSSR count). The molecule has 3 aromatic rings. The van der Waals surface area contributed by atoms with E-state index in [4.69, 9.17) is 16.7 Å². The van der Waals surface area contributed by atoms with Crippen LogP contribution in [-0.2, 0) is 0 Å². The van der Waals surface area contributed by atoms with E-state index < -0.39 is 6.09 Å². The number of amides is 1. The molecule has 0 spiro atoms. The number of carboxylic acid groups (broad SMARTS) is 1. The van der Waals surface area contributed by atoms with Crippen LogP contribution in [0.5, 0.6) is 0 Å². The van der Waals surface area contributed by atoms with Gasteiger partial charge in [-0.25, -0.2) is 19.6 Å². The van der Waals surface area contributed by atoms with Gasteiger partial charge in [0.25, 0.3) is 0 Å². The first-order valence-corrected chi connectivity index (χ1v) is 8.12. The second kappa shape index (κ2) is 5.89. The Balaban J connectivity index is 1.89. The summed E-state index contributed by atoms with van der Waals surface area (Å²) in [6, 6.07) is 6.64. The predicted octanol–water partition coefficient (Wildman–Crippen LogP) is 2.16. The van der Waals surface area contributed by atoms with Crippen LogP contribution in [0.15, 0.2) is 41.5 Å². The number of pyridine rings is 2. The molecule has 1 aliphatic rings. The molecule has 0 aliphatic carbocycles. The summed E-state index contributed by atoms with van der Waals surface area (Å²) < 4.78 is 3.10. The Morgan fingerprint density at radius 1 is 1.28 bits per heavy atom. The lowest BCUT2D eigenvalue weighted by Crippen LogP contribution is -2.31. The van der Waals surface area contributed by atoms with E-state index in [9.17, 15) is 9.59 Å². The SMILES string of the molecule is O=C(O)N1CC[C@H](n2c(=O)n(-c3ccc(Cl)nc3)c3cccnc32)C1. The van der Waals surface area contributed by atoms with Crippen LogP contribution in [0, 0.1) is 0 Å². The third kappa shape index (κ3) is 2.54. The van der Waals surface area contributed by atoms with E-state index in [1.54, 1.807) is 35.0 Å². The number of hydrogen-bond donors (Lipinski definition) is 1. The van der Waals surface area contributed by atoms with Crippen LogP contribution >= 0.6 is 11.6 Å². The highest BCUT2D eigenvalue weighted by molar-refractivity contribution is 6.29. The zero-order valence-electron chi connectivity index (χ0n) is 13.0. The molecular formula is C16H14ClN5O3. The highest BCUT2D eigenvalue weighted by atomic mass is 35.5. The largest absolute Gasteiger partial charge is 0.465 e. The van der Waals surface area contributed by atoms with Crippen molar-refractivity contribution in [1.82, 2.24) is 24.0 Å². The molecule has 9 heteroatoms. The van der Waals surface area contributed by atoms with E-state index in [-0.39, 0.29) is 18.3 Å². The lowest BCUT2D eigenvalue weighted by molar-refractivity contribution is 0.154. The van der Waals surface area contributed by atoms with Gasteiger partial charge in [0.2, 0.25) is 0 Å². The average molecular weight is 360 g/mol. The lowest BCUT2D eigenvalue weighted by Gasteiger charge is -2.13. The number of nitrogens with zero attached hydrogens (tertiary/aromatic N) is 5. The second-order valence-corrected chi connectivity index (χ2v) is 6.23. The number of halogens is 1. The van der Waals surface area contributed by atoms with Gasteiger partial charge in [0, 0.05) is 19.3 Å². The Hall–Kier alpha value is -2.87. The number of likely N-dealkylation sites (tertiary alicyclic amines) is 1. The molecule has 0 unspecified atom stereocenters. The second-order valence-electron chi connectivity index (χ2n) is 5.84. The van der Waals surface area contributed by atoms with E-state index in [2.05, 4.69) is 9.97 Å². The molecule has 0 saturated carbocycles. The summed E-state index contributed by atoms with van der Waals surface area (Å²) in [5, 5.41) is 9.51. The normalized spacial score (nSPS) is 17.3. The highest BCUT2D eigenvalue weighted by Crippen LogP contribution is 2.25. The molecule has 1 fully saturated rings. The summed E-state index contributed by atoms with van der Waals surface area (Å²) in [4.78, 5) is 34.0. The third-order valence-electron chi connectivity index (χ3n) is 4.40. The van der Waals surface area contributed by atoms with Crippen LogP contribution < -0.4 is 5.69 Å². The van der Waals surface area contributed by atoms with Gasteiger partial charge >= 0.3 is 11.8 Å². The van der Waals surface area contributed by atoms with Crippen LogP contribution in [0.1, 0.15) is 12.5 Å². The lowest BCUT2D eigenvalue weighted by atomic mass is 10.2. The Labute approximate surface area is 146 Å². The first-order valence-electron chi connectivity index (χ1n) is 7.74. The Bertz CT molecular complexity index is 1010. The van der Waals surface area contributed by atoms with Gasteiger partial charge in [-0.05, 0) is 30.7 Å². The molecule has 1 aliphatic heterocycles. The van der Waals surface area contributed by atoms with Gasteiger partial charge in [0.15, 0.2) is 5.65 Å². The minimum absolute atomic E-state index is 0.248. The van der Waals surface area contributed by atoms with Gasteiger partial charge in [-0.3, -0.25) is 9.13 Å². The fraction of sp³-hybridized carbons (Fsp3) is 0.250. The smallest absolute Gasteiger partial charge is 0.407 e. The molecule has 1 atom stereocenters. The molecule has 0 aromatic carbocycles. The van der Waals surface area contributed by atoms with Gasteiger partial charge in [-0.1, -0.05) is 11.6 Å². The third-order valence-corrected chi connectivity index (χ3v) is 4.63. The van der Waals surface area contributed by atoms with Crippen LogP contribution in [0.25, 0.3) is 16.9 Å². The molecule has 25 heavy (non-hydrogen) atoms. The van der Waals surface area contributed by atoms with E-state index in [1.165, 1.54) is 15.7 Å². The molecular weight excluding hydrogens is 346 g/mol. The first kappa shape index (κ1) is 15.6. The Morgan fingerprint density at radius 3 is 2.80 bits per heavy atom. The number of aromatic nitrogens is 4. The summed E-state index contributed by atoms with van der Waals surface area (Å²) in [6.45, 7) is 0.665. The van der Waals surface area contributed by atoms with Crippen molar-refractivity contribution in [3.05, 3.63) is 52.3 Å². The maximum Gasteiger partial charge on any atom is 0.407 e. The summed E-state index contributed by atoms with van der Waals surface area (Å²) in [5.41, 5.74) is 1.49. The summed E-state index contributed by atoms with van der Waals surface area (Å²) >= 11 is 5.83. The fourth-order valence-electron chi connectivity index (χ4n) is 3.26. The average Bonchev–Trinajstić information content (AvgIpc) is 3.18. The van der Waals surface area contributed by atoms with Crippen molar-refractivity contribution in [1.29, 1.82) is 0 Å². The maximum absolute atomic E-state index is 13.1. The van der Waals surface area contributed by atoms with E-state index in [1.807, 2.05) is 0 Å². The molecule has 8 nitrogen and oxygen atoms in total. The first-order chi connectivity index (χ1) is 12.1. The van der Waals surface area contributed by atoms with Crippen molar-refractivity contribution in [2.45, 2.75) is 12.5 Å². The van der Waals surface area contributed by atoms with Gasteiger partial charge < -0.3 is 10.0 Å². The topological polar surface area (TPSA) is 93.2 Å². The summed E-state index contributed by atoms with van der Waals surface area (Å²) in [7, 11) is 0. The molecule has 128 valence electrons. The van der Waals surface area contributed by atoms with Gasteiger partial charge in [-0.2, -0.15) is 0 Å². The van der Waals surface area contributed by atoms with Crippen molar-refractivity contribution in [2.75, 3.05) is 13.1 Å². The van der Waals surface area contributed by atoms with Crippen molar-refractivity contribution in [3.8, 4) is 5.69 Å². The molecule has 4 heterocycles. The molecule has 1 saturated heterocycles. The molecule has 1 N–H and O–H groups in total. The van der Waals surface area contributed by atoms with Crippen LogP contribution in [0.4, 0.5) is 4.79 Å². The van der Waals surface area contributed by atoms with E-state index in [0.29, 0.717) is 35.0 Å². The zero-order valence-corrected chi connectivity index (χ0v) is 13.8. The van der Waals surface area contributed by atoms with Crippen molar-refractivity contribution in [2.24, 2.45) is 0 Å². The summed E-state index contributed by atoms with van der Waals surface area (Å²) in [6.07, 6.45) is 2.74. The van der Waals surface area contributed by atoms with Gasteiger partial charge in [-0.15, -0.1) is 0 Å². The fourth-order valence-corrected chi connectivity index (χ4v) is 3.37. The molecule has 0 radical (unpaired) electrons. The summed E-state index contributed by atoms with van der Waals surface area (Å²) in [5.74, 6) is 0. The number of imidazole rings is 1. The van der Waals surface area contributed by atoms with Crippen LogP contribution in [0.2, 0.25) is 5.15 Å². The quantitative estimate of drug-likeness (QED) is 0.708. The predicted molar refractivity (Wildman–Crippen MR) is 91.4 cm³/mol. The van der Waals surface area contributed by atoms with E-state index >= 15 is 0 Å². The minimum Gasteiger partial charge on any atom is -0.465 e. The number of hydrogen-bond acceptors (Lipinski definition) is 4. The number of carbonyl (C=O) groups is 1. The number of rotatable bonds is 2. The van der Waals surface area contributed by atoms with Gasteiger partial charge in [0.1, 0.15) is 5.15 Å². The van der Waals surface area contributed by atoms with Crippen LogP contribution in [0.3, 0.4) is 0 Å². The molecule has 0 bridgehead atoms. The van der Waals surface area contributed by atoms with Crippen molar-refractivity contribution >= 4 is 28.9 Å².